The molecule has 0 N–H and O–H groups in total. The van der Waals surface area contributed by atoms with Crippen LogP contribution in [-0.2, 0) is 9.59 Å². The van der Waals surface area contributed by atoms with E-state index in [1.54, 1.807) is 12.0 Å². The fourth-order valence-electron chi connectivity index (χ4n) is 4.96. The molecule has 7 nitrogen and oxygen atoms in total. The zero-order chi connectivity index (χ0) is 22.1. The summed E-state index contributed by atoms with van der Waals surface area (Å²) in [7, 11) is 1.59. The highest BCUT2D eigenvalue weighted by Gasteiger charge is 2.41. The van der Waals surface area contributed by atoms with Gasteiger partial charge in [0.1, 0.15) is 5.75 Å². The number of para-hydroxylation sites is 2. The lowest BCUT2D eigenvalue weighted by molar-refractivity contribution is -0.136. The standard InChI is InChI=1S/C25H28N2O5/c1-30-21-8-3-2-6-20(21)27-16-18(15-24(27)28)25(29)26-11-4-7-19(26)17-9-10-22-23(14-17)32-13-5-12-31-22/h2-3,6,8-10,14,18-19H,4-5,7,11-13,15-16H2,1H3/t18-,19+/m0/s1. The summed E-state index contributed by atoms with van der Waals surface area (Å²) < 4.78 is 17.0. The number of nitrogens with zero attached hydrogens (tertiary/aromatic N) is 2. The maximum absolute atomic E-state index is 13.5. The lowest BCUT2D eigenvalue weighted by Gasteiger charge is -2.28. The van der Waals surface area contributed by atoms with E-state index in [0.717, 1.165) is 42.0 Å². The molecule has 0 radical (unpaired) electrons. The quantitative estimate of drug-likeness (QED) is 0.733. The van der Waals surface area contributed by atoms with Crippen molar-refractivity contribution in [3.8, 4) is 17.2 Å². The average Bonchev–Trinajstić information content (AvgIpc) is 3.39. The van der Waals surface area contributed by atoms with E-state index in [1.807, 2.05) is 47.4 Å². The van der Waals surface area contributed by atoms with Crippen LogP contribution < -0.4 is 19.1 Å². The van der Waals surface area contributed by atoms with Crippen LogP contribution in [0.15, 0.2) is 42.5 Å². The summed E-state index contributed by atoms with van der Waals surface area (Å²) in [6.45, 7) is 2.37. The van der Waals surface area contributed by atoms with E-state index >= 15 is 0 Å². The van der Waals surface area contributed by atoms with Gasteiger partial charge in [-0.15, -0.1) is 0 Å². The molecule has 168 valence electrons. The van der Waals surface area contributed by atoms with E-state index in [0.29, 0.717) is 32.1 Å². The van der Waals surface area contributed by atoms with Crippen molar-refractivity contribution >= 4 is 17.5 Å². The number of benzene rings is 2. The monoisotopic (exact) mass is 436 g/mol. The van der Waals surface area contributed by atoms with E-state index in [2.05, 4.69) is 0 Å². The molecule has 2 amide bonds. The highest BCUT2D eigenvalue weighted by molar-refractivity contribution is 6.01. The number of carbonyl (C=O) groups is 2. The predicted octanol–water partition coefficient (Wildman–Crippen LogP) is 3.57. The molecule has 0 aliphatic carbocycles. The summed E-state index contributed by atoms with van der Waals surface area (Å²) in [5.41, 5.74) is 1.78. The molecule has 32 heavy (non-hydrogen) atoms. The van der Waals surface area contributed by atoms with Crippen molar-refractivity contribution in [2.75, 3.05) is 38.3 Å². The molecule has 0 spiro atoms. The number of likely N-dealkylation sites (tertiary alicyclic amines) is 1. The minimum Gasteiger partial charge on any atom is -0.495 e. The Bertz CT molecular complexity index is 1020. The molecular weight excluding hydrogens is 408 g/mol. The van der Waals surface area contributed by atoms with Crippen molar-refractivity contribution in [3.63, 3.8) is 0 Å². The first kappa shape index (κ1) is 20.7. The van der Waals surface area contributed by atoms with Crippen LogP contribution in [-0.4, -0.2) is 50.1 Å². The van der Waals surface area contributed by atoms with Crippen LogP contribution in [0.1, 0.15) is 37.3 Å². The Morgan fingerprint density at radius 2 is 1.88 bits per heavy atom. The number of amides is 2. The molecule has 2 atom stereocenters. The van der Waals surface area contributed by atoms with Gasteiger partial charge in [-0.2, -0.15) is 0 Å². The van der Waals surface area contributed by atoms with Crippen LogP contribution in [0.2, 0.25) is 0 Å². The molecule has 0 saturated carbocycles. The highest BCUT2D eigenvalue weighted by Crippen LogP contribution is 2.40. The van der Waals surface area contributed by atoms with Crippen LogP contribution in [0.25, 0.3) is 0 Å². The van der Waals surface area contributed by atoms with Gasteiger partial charge in [-0.25, -0.2) is 0 Å². The number of rotatable bonds is 4. The second-order valence-corrected chi connectivity index (χ2v) is 8.52. The average molecular weight is 437 g/mol. The maximum Gasteiger partial charge on any atom is 0.228 e. The van der Waals surface area contributed by atoms with Gasteiger partial charge in [0.25, 0.3) is 0 Å². The van der Waals surface area contributed by atoms with Gasteiger partial charge in [-0.1, -0.05) is 18.2 Å². The second kappa shape index (κ2) is 8.73. The highest BCUT2D eigenvalue weighted by atomic mass is 16.5. The van der Waals surface area contributed by atoms with Gasteiger partial charge in [-0.3, -0.25) is 9.59 Å². The lowest BCUT2D eigenvalue weighted by Crippen LogP contribution is -2.37. The van der Waals surface area contributed by atoms with Crippen LogP contribution >= 0.6 is 0 Å². The summed E-state index contributed by atoms with van der Waals surface area (Å²) in [4.78, 5) is 29.9. The first-order valence-corrected chi connectivity index (χ1v) is 11.3. The molecule has 2 saturated heterocycles. The van der Waals surface area contributed by atoms with E-state index in [9.17, 15) is 9.59 Å². The molecule has 2 fully saturated rings. The summed E-state index contributed by atoms with van der Waals surface area (Å²) in [5, 5.41) is 0. The SMILES string of the molecule is COc1ccccc1N1C[C@@H](C(=O)N2CCC[C@@H]2c2ccc3c(c2)OCCCO3)CC1=O. The normalized spacial score (nSPS) is 22.7. The van der Waals surface area contributed by atoms with Gasteiger partial charge in [0.15, 0.2) is 11.5 Å². The predicted molar refractivity (Wildman–Crippen MR) is 119 cm³/mol. The molecule has 3 aliphatic rings. The van der Waals surface area contributed by atoms with Crippen LogP contribution in [0.5, 0.6) is 17.2 Å². The van der Waals surface area contributed by atoms with Crippen molar-refractivity contribution in [2.24, 2.45) is 5.92 Å². The minimum absolute atomic E-state index is 0.00457. The van der Waals surface area contributed by atoms with E-state index in [1.165, 1.54) is 0 Å². The summed E-state index contributed by atoms with van der Waals surface area (Å²) in [6, 6.07) is 13.4. The third kappa shape index (κ3) is 3.76. The third-order valence-electron chi connectivity index (χ3n) is 6.54. The number of anilines is 1. The molecular formula is C25H28N2O5. The van der Waals surface area contributed by atoms with Gasteiger partial charge in [-0.05, 0) is 42.7 Å². The van der Waals surface area contributed by atoms with Gasteiger partial charge in [0.2, 0.25) is 11.8 Å². The number of methoxy groups -OCH3 is 1. The van der Waals surface area contributed by atoms with Crippen molar-refractivity contribution in [1.29, 1.82) is 0 Å². The number of ether oxygens (including phenoxy) is 3. The zero-order valence-corrected chi connectivity index (χ0v) is 18.3. The maximum atomic E-state index is 13.5. The Labute approximate surface area is 187 Å². The fraction of sp³-hybridized carbons (Fsp3) is 0.440. The third-order valence-corrected chi connectivity index (χ3v) is 6.54. The molecule has 2 aromatic rings. The fourth-order valence-corrected chi connectivity index (χ4v) is 4.96. The number of carbonyl (C=O) groups excluding carboxylic acids is 2. The van der Waals surface area contributed by atoms with Crippen LogP contribution in [0, 0.1) is 5.92 Å². The topological polar surface area (TPSA) is 68.3 Å². The van der Waals surface area contributed by atoms with Crippen molar-refractivity contribution in [3.05, 3.63) is 48.0 Å². The van der Waals surface area contributed by atoms with Crippen molar-refractivity contribution < 1.29 is 23.8 Å². The molecule has 3 heterocycles. The molecule has 7 heteroatoms. The number of hydrogen-bond donors (Lipinski definition) is 0. The zero-order valence-electron chi connectivity index (χ0n) is 18.3. The summed E-state index contributed by atoms with van der Waals surface area (Å²) in [5.74, 6) is 1.80. The smallest absolute Gasteiger partial charge is 0.228 e. The molecule has 0 aromatic heterocycles. The van der Waals surface area contributed by atoms with Gasteiger partial charge >= 0.3 is 0 Å². The summed E-state index contributed by atoms with van der Waals surface area (Å²) in [6.07, 6.45) is 2.93. The first-order chi connectivity index (χ1) is 15.7. The molecule has 2 aromatic carbocycles. The molecule has 3 aliphatic heterocycles. The molecule has 5 rings (SSSR count). The molecule has 0 bridgehead atoms. The van der Waals surface area contributed by atoms with Crippen LogP contribution in [0.3, 0.4) is 0 Å². The van der Waals surface area contributed by atoms with E-state index in [4.69, 9.17) is 14.2 Å². The van der Waals surface area contributed by atoms with E-state index < -0.39 is 0 Å². The van der Waals surface area contributed by atoms with E-state index in [-0.39, 0.29) is 30.2 Å². The Hall–Kier alpha value is -3.22. The first-order valence-electron chi connectivity index (χ1n) is 11.3. The minimum atomic E-state index is -0.353. The Kier molecular flexibility index (Phi) is 5.64. The second-order valence-electron chi connectivity index (χ2n) is 8.52. The molecule has 0 unspecified atom stereocenters. The Morgan fingerprint density at radius 3 is 2.72 bits per heavy atom. The van der Waals surface area contributed by atoms with Gasteiger partial charge < -0.3 is 24.0 Å². The largest absolute Gasteiger partial charge is 0.495 e. The lowest BCUT2D eigenvalue weighted by atomic mass is 10.0. The van der Waals surface area contributed by atoms with Crippen LogP contribution in [0.4, 0.5) is 5.69 Å². The number of fused-ring (bicyclic) bond motifs is 1. The van der Waals surface area contributed by atoms with Crippen molar-refractivity contribution in [2.45, 2.75) is 31.7 Å². The van der Waals surface area contributed by atoms with Gasteiger partial charge in [0, 0.05) is 25.9 Å². The number of hydrogen-bond acceptors (Lipinski definition) is 5. The Morgan fingerprint density at radius 1 is 1.06 bits per heavy atom. The Balaban J connectivity index is 1.34. The van der Waals surface area contributed by atoms with Crippen molar-refractivity contribution in [1.82, 2.24) is 4.90 Å². The van der Waals surface area contributed by atoms with Gasteiger partial charge in [0.05, 0.1) is 38.0 Å². The summed E-state index contributed by atoms with van der Waals surface area (Å²) >= 11 is 0.